The van der Waals surface area contributed by atoms with Crippen LogP contribution in [0.5, 0.6) is 11.5 Å². The predicted molar refractivity (Wildman–Crippen MR) is 77.7 cm³/mol. The fraction of sp³-hybridized carbons (Fsp3) is 0.143. The molecule has 128 valence electrons. The number of nitrogens with zero attached hydrogens (tertiary/aromatic N) is 1. The van der Waals surface area contributed by atoms with E-state index < -0.39 is 37.9 Å². The second-order valence-corrected chi connectivity index (χ2v) is 6.80. The highest BCUT2D eigenvalue weighted by Crippen LogP contribution is 2.38. The fourth-order valence-corrected chi connectivity index (χ4v) is 2.47. The van der Waals surface area contributed by atoms with Crippen LogP contribution in [0.25, 0.3) is 0 Å². The first-order valence-corrected chi connectivity index (χ1v) is 8.21. The molecule has 24 heavy (non-hydrogen) atoms. The number of benzene rings is 2. The number of rotatable bonds is 4. The monoisotopic (exact) mass is 361 g/mol. The van der Waals surface area contributed by atoms with E-state index in [0.29, 0.717) is 12.1 Å². The molecule has 0 aliphatic carbocycles. The summed E-state index contributed by atoms with van der Waals surface area (Å²) in [6, 6.07) is 6.91. The Balaban J connectivity index is 2.45. The third kappa shape index (κ3) is 4.02. The molecule has 10 heteroatoms. The van der Waals surface area contributed by atoms with Gasteiger partial charge in [0.25, 0.3) is 0 Å². The van der Waals surface area contributed by atoms with Crippen molar-refractivity contribution in [3.63, 3.8) is 0 Å². The smallest absolute Gasteiger partial charge is 0.416 e. The van der Waals surface area contributed by atoms with Crippen molar-refractivity contribution in [3.8, 4) is 11.5 Å². The van der Waals surface area contributed by atoms with E-state index in [4.69, 9.17) is 4.74 Å². The Morgan fingerprint density at radius 1 is 1.12 bits per heavy atom. The lowest BCUT2D eigenvalue weighted by Gasteiger charge is -2.10. The lowest BCUT2D eigenvalue weighted by Crippen LogP contribution is -2.06. The van der Waals surface area contributed by atoms with E-state index in [-0.39, 0.29) is 10.6 Å². The zero-order valence-corrected chi connectivity index (χ0v) is 12.9. The van der Waals surface area contributed by atoms with E-state index in [0.717, 1.165) is 18.4 Å². The summed E-state index contributed by atoms with van der Waals surface area (Å²) in [6.45, 7) is 0. The average molecular weight is 361 g/mol. The van der Waals surface area contributed by atoms with Gasteiger partial charge in [-0.05, 0) is 30.3 Å². The first-order chi connectivity index (χ1) is 11.0. The molecule has 0 bridgehead atoms. The van der Waals surface area contributed by atoms with Gasteiger partial charge in [0.05, 0.1) is 15.4 Å². The van der Waals surface area contributed by atoms with E-state index in [2.05, 4.69) is 0 Å². The summed E-state index contributed by atoms with van der Waals surface area (Å²) in [5.41, 5.74) is -2.07. The number of halogens is 3. The largest absolute Gasteiger partial charge is 0.450 e. The van der Waals surface area contributed by atoms with Crippen LogP contribution in [0.4, 0.5) is 18.9 Å². The molecule has 0 N–H and O–H groups in total. The standard InChI is InChI=1S/C14H10F3NO5S/c1-24(21,22)11-4-2-3-10(8-11)23-13-6-5-9(14(15,16)17)7-12(13)18(19)20/h2-8H,1H3. The average Bonchev–Trinajstić information content (AvgIpc) is 2.45. The highest BCUT2D eigenvalue weighted by Gasteiger charge is 2.33. The van der Waals surface area contributed by atoms with Gasteiger partial charge in [0.2, 0.25) is 5.75 Å². The predicted octanol–water partition coefficient (Wildman–Crippen LogP) is 3.81. The molecular formula is C14H10F3NO5S. The molecule has 0 heterocycles. The van der Waals surface area contributed by atoms with Crippen molar-refractivity contribution < 1.29 is 31.2 Å². The van der Waals surface area contributed by atoms with Crippen LogP contribution in [-0.2, 0) is 16.0 Å². The first-order valence-electron chi connectivity index (χ1n) is 6.32. The molecule has 0 aromatic heterocycles. The minimum absolute atomic E-state index is 0.0548. The lowest BCUT2D eigenvalue weighted by molar-refractivity contribution is -0.385. The van der Waals surface area contributed by atoms with Crippen molar-refractivity contribution in [2.24, 2.45) is 0 Å². The van der Waals surface area contributed by atoms with Crippen LogP contribution in [0.3, 0.4) is 0 Å². The third-order valence-electron chi connectivity index (χ3n) is 2.94. The molecule has 2 rings (SSSR count). The number of nitro benzene ring substituents is 1. The van der Waals surface area contributed by atoms with Crippen molar-refractivity contribution in [1.82, 2.24) is 0 Å². The second-order valence-electron chi connectivity index (χ2n) is 4.79. The Morgan fingerprint density at radius 2 is 1.79 bits per heavy atom. The maximum Gasteiger partial charge on any atom is 0.416 e. The molecule has 0 aliphatic heterocycles. The quantitative estimate of drug-likeness (QED) is 0.610. The molecule has 2 aromatic rings. The van der Waals surface area contributed by atoms with Gasteiger partial charge in [-0.1, -0.05) is 6.07 Å². The molecule has 0 saturated heterocycles. The topological polar surface area (TPSA) is 86.5 Å². The molecule has 2 aromatic carbocycles. The van der Waals surface area contributed by atoms with Gasteiger partial charge in [-0.2, -0.15) is 13.2 Å². The summed E-state index contributed by atoms with van der Waals surface area (Å²) < 4.78 is 66.1. The molecule has 0 saturated carbocycles. The Morgan fingerprint density at radius 3 is 2.33 bits per heavy atom. The lowest BCUT2D eigenvalue weighted by atomic mass is 10.2. The van der Waals surface area contributed by atoms with Gasteiger partial charge >= 0.3 is 11.9 Å². The summed E-state index contributed by atoms with van der Waals surface area (Å²) in [6.07, 6.45) is -3.77. The van der Waals surface area contributed by atoms with E-state index in [1.807, 2.05) is 0 Å². The molecular weight excluding hydrogens is 351 g/mol. The Kier molecular flexibility index (Phi) is 4.52. The highest BCUT2D eigenvalue weighted by molar-refractivity contribution is 7.90. The number of alkyl halides is 3. The molecule has 0 radical (unpaired) electrons. The van der Waals surface area contributed by atoms with Gasteiger partial charge in [0.15, 0.2) is 9.84 Å². The van der Waals surface area contributed by atoms with Crippen molar-refractivity contribution >= 4 is 15.5 Å². The molecule has 0 aliphatic rings. The molecule has 0 unspecified atom stereocenters. The maximum absolute atomic E-state index is 12.6. The third-order valence-corrected chi connectivity index (χ3v) is 4.05. The van der Waals surface area contributed by atoms with Crippen LogP contribution in [0.1, 0.15) is 5.56 Å². The van der Waals surface area contributed by atoms with E-state index in [9.17, 15) is 31.7 Å². The van der Waals surface area contributed by atoms with Crippen LogP contribution >= 0.6 is 0 Å². The van der Waals surface area contributed by atoms with Crippen LogP contribution in [0.2, 0.25) is 0 Å². The van der Waals surface area contributed by atoms with Crippen molar-refractivity contribution in [1.29, 1.82) is 0 Å². The van der Waals surface area contributed by atoms with Crippen molar-refractivity contribution in [2.75, 3.05) is 6.26 Å². The maximum atomic E-state index is 12.6. The summed E-state index contributed by atoms with van der Waals surface area (Å²) in [5, 5.41) is 11.0. The van der Waals surface area contributed by atoms with Crippen LogP contribution in [0, 0.1) is 10.1 Å². The molecule has 6 nitrogen and oxygen atoms in total. The van der Waals surface area contributed by atoms with Gasteiger partial charge < -0.3 is 4.74 Å². The van der Waals surface area contributed by atoms with Crippen LogP contribution in [0.15, 0.2) is 47.4 Å². The van der Waals surface area contributed by atoms with E-state index in [1.54, 1.807) is 0 Å². The van der Waals surface area contributed by atoms with Crippen molar-refractivity contribution in [2.45, 2.75) is 11.1 Å². The molecule has 0 atom stereocenters. The van der Waals surface area contributed by atoms with Crippen LogP contribution < -0.4 is 4.74 Å². The normalized spacial score (nSPS) is 12.0. The summed E-state index contributed by atoms with van der Waals surface area (Å²) in [5.74, 6) is -0.487. The number of hydrogen-bond acceptors (Lipinski definition) is 5. The first kappa shape index (κ1) is 17.7. The van der Waals surface area contributed by atoms with Gasteiger partial charge in [-0.25, -0.2) is 8.42 Å². The van der Waals surface area contributed by atoms with E-state index >= 15 is 0 Å². The minimum atomic E-state index is -4.74. The highest BCUT2D eigenvalue weighted by atomic mass is 32.2. The number of hydrogen-bond donors (Lipinski definition) is 0. The molecule has 0 spiro atoms. The Bertz CT molecular complexity index is 894. The summed E-state index contributed by atoms with van der Waals surface area (Å²) in [7, 11) is -3.53. The SMILES string of the molecule is CS(=O)(=O)c1cccc(Oc2ccc(C(F)(F)F)cc2[N+](=O)[O-])c1. The van der Waals surface area contributed by atoms with Crippen molar-refractivity contribution in [3.05, 3.63) is 58.1 Å². The second kappa shape index (κ2) is 6.11. The molecule has 0 amide bonds. The number of sulfone groups is 1. The fourth-order valence-electron chi connectivity index (χ4n) is 1.82. The Hall–Kier alpha value is -2.62. The van der Waals surface area contributed by atoms with Gasteiger partial charge in [-0.3, -0.25) is 10.1 Å². The zero-order valence-electron chi connectivity index (χ0n) is 12.1. The number of nitro groups is 1. The van der Waals surface area contributed by atoms with E-state index in [1.165, 1.54) is 18.2 Å². The Labute approximate surface area is 134 Å². The number of ether oxygens (including phenoxy) is 1. The van der Waals surface area contributed by atoms with Gasteiger partial charge in [0.1, 0.15) is 5.75 Å². The minimum Gasteiger partial charge on any atom is -0.450 e. The zero-order chi connectivity index (χ0) is 18.1. The molecule has 0 fully saturated rings. The van der Waals surface area contributed by atoms with Crippen LogP contribution in [-0.4, -0.2) is 19.6 Å². The summed E-state index contributed by atoms with van der Waals surface area (Å²) >= 11 is 0. The summed E-state index contributed by atoms with van der Waals surface area (Å²) in [4.78, 5) is 9.88. The van der Waals surface area contributed by atoms with Gasteiger partial charge in [0, 0.05) is 12.3 Å². The van der Waals surface area contributed by atoms with Gasteiger partial charge in [-0.15, -0.1) is 0 Å².